The summed E-state index contributed by atoms with van der Waals surface area (Å²) in [5.41, 5.74) is 5.36. The van der Waals surface area contributed by atoms with E-state index in [9.17, 15) is 24.8 Å². The molecule has 3 aliphatic rings. The molecule has 2 fully saturated rings. The summed E-state index contributed by atoms with van der Waals surface area (Å²) < 4.78 is 18.5. The number of aliphatic hydroxyl groups is 1. The fourth-order valence-corrected chi connectivity index (χ4v) is 9.41. The molecule has 6 unspecified atom stereocenters. The van der Waals surface area contributed by atoms with E-state index in [2.05, 4.69) is 29.1 Å². The normalized spacial score (nSPS) is 21.5. The van der Waals surface area contributed by atoms with Gasteiger partial charge < -0.3 is 35.7 Å². The minimum Gasteiger partial charge on any atom is -0.491 e. The van der Waals surface area contributed by atoms with Crippen molar-refractivity contribution in [3.63, 3.8) is 0 Å². The molecule has 0 saturated carbocycles. The number of morpholine rings is 1. The van der Waals surface area contributed by atoms with Crippen molar-refractivity contribution in [3.05, 3.63) is 184 Å². The summed E-state index contributed by atoms with van der Waals surface area (Å²) in [6.45, 7) is 2.63. The summed E-state index contributed by atoms with van der Waals surface area (Å²) in [6, 6.07) is 30.5. The number of rotatable bonds is 13. The van der Waals surface area contributed by atoms with E-state index in [0.29, 0.717) is 27.8 Å². The lowest BCUT2D eigenvalue weighted by Crippen LogP contribution is -2.55. The molecule has 5 amide bonds. The Morgan fingerprint density at radius 1 is 0.910 bits per heavy atom. The van der Waals surface area contributed by atoms with E-state index in [0.717, 1.165) is 4.90 Å². The fraction of sp³-hybridized carbons (Fsp3) is 0.220. The second kappa shape index (κ2) is 19.4. The van der Waals surface area contributed by atoms with Gasteiger partial charge in [0.2, 0.25) is 11.8 Å². The SMILES string of the molecule is C=CCNC(=O)C1C2C(=O)OC(c3ccccc3)C(c3ccccc3)N2C(c2ccccc2OCCO)C12C(=O)N(C(=O)OCc1ccc([N+](=O)[O-])cc1)c1ccc(C#CCNC(N)=O)cc12. The predicted octanol–water partition coefficient (Wildman–Crippen LogP) is 5.29. The van der Waals surface area contributed by atoms with Crippen molar-refractivity contribution < 1.29 is 48.2 Å². The van der Waals surface area contributed by atoms with Crippen molar-refractivity contribution in [1.29, 1.82) is 0 Å². The molecule has 2 saturated heterocycles. The summed E-state index contributed by atoms with van der Waals surface area (Å²) in [4.78, 5) is 86.5. The first kappa shape index (κ1) is 45.2. The van der Waals surface area contributed by atoms with Gasteiger partial charge >= 0.3 is 18.1 Å². The summed E-state index contributed by atoms with van der Waals surface area (Å²) in [7, 11) is 0. The van der Waals surface area contributed by atoms with Crippen molar-refractivity contribution in [2.75, 3.05) is 31.2 Å². The van der Waals surface area contributed by atoms with Crippen LogP contribution in [0.3, 0.4) is 0 Å². The molecule has 3 aliphatic heterocycles. The van der Waals surface area contributed by atoms with E-state index < -0.39 is 77.0 Å². The molecule has 0 aliphatic carbocycles. The standard InChI is InChI=1S/C50H44N6O11/c1-2-25-52-45(58)40-42-46(59)67-43(34-15-7-4-8-16-34)41(33-13-5-3-6-14-33)55(42)44(36-17-9-10-18-39(36)65-28-27-57)50(40)37-29-31(12-11-26-53-48(51)61)21-24-38(37)54(47(50)60)49(62)66-30-32-19-22-35(23-20-32)56(63)64/h2-10,13-24,29,40-44,57H,1,25-28,30H2,(H,52,58)(H3,51,53,61). The second-order valence-electron chi connectivity index (χ2n) is 15.8. The highest BCUT2D eigenvalue weighted by atomic mass is 16.6. The van der Waals surface area contributed by atoms with Crippen molar-refractivity contribution in [2.24, 2.45) is 11.7 Å². The maximum atomic E-state index is 16.3. The van der Waals surface area contributed by atoms with Crippen LogP contribution in [-0.4, -0.2) is 77.2 Å². The molecule has 0 aromatic heterocycles. The van der Waals surface area contributed by atoms with Gasteiger partial charge in [0.15, 0.2) is 0 Å². The molecule has 67 heavy (non-hydrogen) atoms. The molecule has 17 heteroatoms. The van der Waals surface area contributed by atoms with E-state index in [-0.39, 0.29) is 49.0 Å². The highest BCUT2D eigenvalue weighted by Gasteiger charge is 2.76. The fourth-order valence-electron chi connectivity index (χ4n) is 9.41. The summed E-state index contributed by atoms with van der Waals surface area (Å²) in [5.74, 6) is 1.89. The van der Waals surface area contributed by atoms with Crippen LogP contribution >= 0.6 is 0 Å². The molecule has 5 aromatic carbocycles. The number of ether oxygens (including phenoxy) is 3. The van der Waals surface area contributed by atoms with Crippen LogP contribution in [0.2, 0.25) is 0 Å². The first-order valence-corrected chi connectivity index (χ1v) is 21.2. The van der Waals surface area contributed by atoms with Crippen molar-refractivity contribution in [1.82, 2.24) is 15.5 Å². The average Bonchev–Trinajstić information content (AvgIpc) is 3.80. The van der Waals surface area contributed by atoms with Crippen LogP contribution in [-0.2, 0) is 35.9 Å². The van der Waals surface area contributed by atoms with E-state index in [4.69, 9.17) is 19.9 Å². The van der Waals surface area contributed by atoms with E-state index in [1.807, 2.05) is 65.6 Å². The van der Waals surface area contributed by atoms with Gasteiger partial charge in [0.05, 0.1) is 41.8 Å². The largest absolute Gasteiger partial charge is 0.491 e. The number of esters is 1. The number of benzene rings is 5. The van der Waals surface area contributed by atoms with Crippen molar-refractivity contribution in [3.8, 4) is 17.6 Å². The zero-order valence-corrected chi connectivity index (χ0v) is 35.8. The van der Waals surface area contributed by atoms with Crippen LogP contribution in [0.25, 0.3) is 0 Å². The number of nitro groups is 1. The van der Waals surface area contributed by atoms with Crippen LogP contribution in [0.1, 0.15) is 51.6 Å². The molecule has 3 heterocycles. The number of non-ortho nitro benzene ring substituents is 1. The van der Waals surface area contributed by atoms with Gasteiger partial charge in [0.1, 0.15) is 36.5 Å². The number of imide groups is 1. The highest BCUT2D eigenvalue weighted by molar-refractivity contribution is 6.23. The summed E-state index contributed by atoms with van der Waals surface area (Å²) >= 11 is 0. The molecule has 0 bridgehead atoms. The Hall–Kier alpha value is -8.33. The van der Waals surface area contributed by atoms with Gasteiger partial charge in [-0.15, -0.1) is 6.58 Å². The number of carbonyl (C=O) groups excluding carboxylic acids is 5. The number of primary amides is 1. The summed E-state index contributed by atoms with van der Waals surface area (Å²) in [5, 5.41) is 26.6. The third-order valence-corrected chi connectivity index (χ3v) is 12.0. The van der Waals surface area contributed by atoms with Gasteiger partial charge in [-0.25, -0.2) is 14.5 Å². The third kappa shape index (κ3) is 8.42. The number of para-hydroxylation sites is 1. The van der Waals surface area contributed by atoms with Crippen LogP contribution in [0, 0.1) is 27.9 Å². The molecule has 340 valence electrons. The number of fused-ring (bicyclic) bond motifs is 3. The van der Waals surface area contributed by atoms with Gasteiger partial charge in [0.25, 0.3) is 5.69 Å². The molecule has 0 radical (unpaired) electrons. The number of hydrogen-bond donors (Lipinski definition) is 4. The maximum Gasteiger partial charge on any atom is 0.421 e. The minimum atomic E-state index is -2.20. The molecular weight excluding hydrogens is 861 g/mol. The lowest BCUT2D eigenvalue weighted by Gasteiger charge is -2.46. The number of carbonyl (C=O) groups is 5. The first-order valence-electron chi connectivity index (χ1n) is 21.2. The first-order chi connectivity index (χ1) is 32.5. The molecule has 5 aromatic rings. The maximum absolute atomic E-state index is 16.3. The second-order valence-corrected chi connectivity index (χ2v) is 15.8. The number of nitro benzene ring substituents is 1. The van der Waals surface area contributed by atoms with E-state index in [1.54, 1.807) is 36.4 Å². The van der Waals surface area contributed by atoms with Crippen molar-refractivity contribution in [2.45, 2.75) is 36.3 Å². The average molecular weight is 905 g/mol. The zero-order valence-electron chi connectivity index (χ0n) is 35.8. The van der Waals surface area contributed by atoms with Gasteiger partial charge in [-0.2, -0.15) is 0 Å². The number of nitrogens with one attached hydrogen (secondary N) is 2. The number of anilines is 1. The Balaban J connectivity index is 1.42. The minimum absolute atomic E-state index is 0.0175. The number of aliphatic hydroxyl groups excluding tert-OH is 1. The number of cyclic esters (lactones) is 1. The van der Waals surface area contributed by atoms with Crippen LogP contribution < -0.4 is 26.0 Å². The Labute approximate surface area is 384 Å². The quantitative estimate of drug-likeness (QED) is 0.0388. The summed E-state index contributed by atoms with van der Waals surface area (Å²) in [6.07, 6.45) is -0.695. The van der Waals surface area contributed by atoms with E-state index in [1.165, 1.54) is 36.4 Å². The number of amides is 5. The smallest absolute Gasteiger partial charge is 0.421 e. The Kier molecular flexibility index (Phi) is 13.1. The predicted molar refractivity (Wildman–Crippen MR) is 242 cm³/mol. The van der Waals surface area contributed by atoms with Crippen LogP contribution in [0.4, 0.5) is 21.0 Å². The van der Waals surface area contributed by atoms with E-state index >= 15 is 14.4 Å². The number of hydrogen-bond acceptors (Lipinski definition) is 12. The Bertz CT molecular complexity index is 2800. The number of nitrogens with zero attached hydrogens (tertiary/aromatic N) is 3. The van der Waals surface area contributed by atoms with Crippen molar-refractivity contribution >= 4 is 41.3 Å². The van der Waals surface area contributed by atoms with Gasteiger partial charge in [-0.1, -0.05) is 96.8 Å². The Morgan fingerprint density at radius 3 is 2.27 bits per heavy atom. The zero-order chi connectivity index (χ0) is 47.2. The Morgan fingerprint density at radius 2 is 1.60 bits per heavy atom. The molecule has 1 spiro atoms. The molecule has 5 N–H and O–H groups in total. The lowest BCUT2D eigenvalue weighted by atomic mass is 9.65. The molecular formula is C50H44N6O11. The van der Waals surface area contributed by atoms with Gasteiger partial charge in [0, 0.05) is 29.8 Å². The third-order valence-electron chi connectivity index (χ3n) is 12.0. The number of nitrogens with two attached hydrogens (primary N) is 1. The number of urea groups is 1. The van der Waals surface area contributed by atoms with Gasteiger partial charge in [-0.05, 0) is 58.7 Å². The lowest BCUT2D eigenvalue weighted by molar-refractivity contribution is -0.384. The van der Waals surface area contributed by atoms with Crippen LogP contribution in [0.5, 0.6) is 5.75 Å². The van der Waals surface area contributed by atoms with Crippen LogP contribution in [0.15, 0.2) is 140 Å². The monoisotopic (exact) mass is 904 g/mol. The topological polar surface area (TPSA) is 233 Å². The van der Waals surface area contributed by atoms with Gasteiger partial charge in [-0.3, -0.25) is 29.4 Å². The highest BCUT2D eigenvalue weighted by Crippen LogP contribution is 2.66. The molecule has 8 rings (SSSR count). The molecule has 17 nitrogen and oxygen atoms in total. The molecule has 6 atom stereocenters.